The highest BCUT2D eigenvalue weighted by molar-refractivity contribution is 7.18. The summed E-state index contributed by atoms with van der Waals surface area (Å²) in [5, 5.41) is 1.34. The second-order valence-corrected chi connectivity index (χ2v) is 4.93. The average molecular weight is 295 g/mol. The van der Waals surface area contributed by atoms with Gasteiger partial charge in [-0.3, -0.25) is 0 Å². The largest absolute Gasteiger partial charge is 0.673 e. The predicted molar refractivity (Wildman–Crippen MR) is 69.2 cm³/mol. The number of nitrogens with zero attached hydrogens (tertiary/aromatic N) is 1. The summed E-state index contributed by atoms with van der Waals surface area (Å²) in [7, 11) is -4.30. The van der Waals surface area contributed by atoms with Crippen LogP contribution in [-0.4, -0.2) is 14.4 Å². The Hall–Kier alpha value is -1.31. The van der Waals surface area contributed by atoms with E-state index in [0.29, 0.717) is 0 Å². The van der Waals surface area contributed by atoms with Crippen molar-refractivity contribution in [2.45, 2.75) is 20.4 Å². The summed E-state index contributed by atoms with van der Waals surface area (Å²) in [6.07, 6.45) is 0. The van der Waals surface area contributed by atoms with E-state index in [1.165, 1.54) is 15.2 Å². The summed E-state index contributed by atoms with van der Waals surface area (Å²) in [6.45, 7) is 5.35. The molecule has 0 bridgehead atoms. The molecular formula is C11H14BF4NOS. The molecule has 0 atom stereocenters. The third-order valence-corrected chi connectivity index (χ3v) is 3.47. The van der Waals surface area contributed by atoms with Crippen LogP contribution in [0.2, 0.25) is 0 Å². The molecule has 0 saturated carbocycles. The van der Waals surface area contributed by atoms with Gasteiger partial charge in [-0.25, -0.2) is 0 Å². The fraction of sp³-hybridized carbons (Fsp3) is 0.364. The zero-order valence-corrected chi connectivity index (χ0v) is 11.6. The molecule has 2 rings (SSSR count). The van der Waals surface area contributed by atoms with Crippen molar-refractivity contribution < 1.29 is 26.6 Å². The molecule has 0 amide bonds. The van der Waals surface area contributed by atoms with E-state index in [4.69, 9.17) is 4.74 Å². The molecule has 1 aromatic carbocycles. The van der Waals surface area contributed by atoms with Gasteiger partial charge in [-0.1, -0.05) is 11.3 Å². The first-order valence-corrected chi connectivity index (χ1v) is 6.42. The molecule has 1 heterocycles. The van der Waals surface area contributed by atoms with Crippen LogP contribution < -0.4 is 9.30 Å². The number of rotatable bonds is 2. The van der Waals surface area contributed by atoms with Gasteiger partial charge in [0.2, 0.25) is 10.5 Å². The Morgan fingerprint density at radius 2 is 1.84 bits per heavy atom. The van der Waals surface area contributed by atoms with Crippen molar-refractivity contribution in [2.24, 2.45) is 0 Å². The van der Waals surface area contributed by atoms with Crippen LogP contribution in [0.15, 0.2) is 18.2 Å². The first-order valence-electron chi connectivity index (χ1n) is 5.60. The van der Waals surface area contributed by atoms with E-state index in [2.05, 4.69) is 30.5 Å². The first-order chi connectivity index (χ1) is 8.76. The molecule has 0 aliphatic rings. The molecule has 106 valence electrons. The number of thiazole rings is 1. The molecular weight excluding hydrogens is 281 g/mol. The monoisotopic (exact) mass is 295 g/mol. The SMILES string of the molecule is CC[n+]1c(C)sc2cc(OC)ccc21.F[B-](F)(F)F. The Balaban J connectivity index is 0.000000312. The summed E-state index contributed by atoms with van der Waals surface area (Å²) in [6, 6.07) is 6.24. The van der Waals surface area contributed by atoms with Crippen molar-refractivity contribution in [1.82, 2.24) is 0 Å². The zero-order valence-electron chi connectivity index (χ0n) is 10.8. The maximum Gasteiger partial charge on any atom is 0.673 e. The molecule has 0 spiro atoms. The third kappa shape index (κ3) is 4.70. The molecule has 1 aromatic heterocycles. The van der Waals surface area contributed by atoms with Crippen LogP contribution in [0.3, 0.4) is 0 Å². The first kappa shape index (κ1) is 15.8. The number of benzene rings is 1. The maximum atomic E-state index is 9.75. The highest BCUT2D eigenvalue weighted by atomic mass is 32.1. The second kappa shape index (κ2) is 6.23. The van der Waals surface area contributed by atoms with Gasteiger partial charge in [0.05, 0.1) is 7.11 Å². The minimum Gasteiger partial charge on any atom is -0.497 e. The number of ether oxygens (including phenoxy) is 1. The molecule has 0 unspecified atom stereocenters. The Kier molecular flexibility index (Phi) is 5.16. The van der Waals surface area contributed by atoms with Crippen molar-refractivity contribution in [3.05, 3.63) is 23.2 Å². The third-order valence-electron chi connectivity index (χ3n) is 2.41. The second-order valence-electron chi connectivity index (χ2n) is 3.69. The summed E-state index contributed by atoms with van der Waals surface area (Å²) < 4.78 is 47.8. The lowest BCUT2D eigenvalue weighted by atomic mass is 10.3. The van der Waals surface area contributed by atoms with Gasteiger partial charge in [0.1, 0.15) is 17.0 Å². The van der Waals surface area contributed by atoms with Gasteiger partial charge < -0.3 is 22.0 Å². The normalized spacial score (nSPS) is 11.1. The van der Waals surface area contributed by atoms with E-state index in [1.54, 1.807) is 7.11 Å². The molecule has 2 nitrogen and oxygen atoms in total. The van der Waals surface area contributed by atoms with E-state index in [-0.39, 0.29) is 0 Å². The number of hydrogen-bond donors (Lipinski definition) is 0. The minimum absolute atomic E-state index is 0.932. The molecule has 2 aromatic rings. The smallest absolute Gasteiger partial charge is 0.497 e. The van der Waals surface area contributed by atoms with Gasteiger partial charge in [-0.05, 0) is 13.0 Å². The number of aryl methyl sites for hydroxylation is 2. The standard InChI is InChI=1S/C11H14NOS.BF4/c1-4-12-8(2)14-11-7-9(13-3)5-6-10(11)12;2-1(3,4)5/h5-7H,4H2,1-3H3;/q+1;-1. The number of fused-ring (bicyclic) bond motifs is 1. The van der Waals surface area contributed by atoms with Gasteiger partial charge in [0, 0.05) is 19.1 Å². The van der Waals surface area contributed by atoms with Crippen molar-refractivity contribution in [1.29, 1.82) is 0 Å². The Bertz CT molecular complexity index is 549. The van der Waals surface area contributed by atoms with Crippen LogP contribution in [0, 0.1) is 6.92 Å². The fourth-order valence-electron chi connectivity index (χ4n) is 1.70. The summed E-state index contributed by atoms with van der Waals surface area (Å²) in [5.74, 6) is 0.932. The Morgan fingerprint density at radius 1 is 1.26 bits per heavy atom. The average Bonchev–Trinajstić information content (AvgIpc) is 2.60. The number of aromatic nitrogens is 1. The van der Waals surface area contributed by atoms with Crippen molar-refractivity contribution >= 4 is 28.8 Å². The molecule has 0 radical (unpaired) electrons. The van der Waals surface area contributed by atoms with E-state index < -0.39 is 7.25 Å². The summed E-state index contributed by atoms with van der Waals surface area (Å²) in [4.78, 5) is 0. The van der Waals surface area contributed by atoms with Crippen LogP contribution in [0.4, 0.5) is 17.3 Å². The quantitative estimate of drug-likeness (QED) is 0.466. The van der Waals surface area contributed by atoms with Gasteiger partial charge in [-0.2, -0.15) is 4.57 Å². The Morgan fingerprint density at radius 3 is 2.32 bits per heavy atom. The van der Waals surface area contributed by atoms with Gasteiger partial charge in [-0.15, -0.1) is 0 Å². The fourth-order valence-corrected chi connectivity index (χ4v) is 2.82. The van der Waals surface area contributed by atoms with Crippen LogP contribution in [0.25, 0.3) is 10.2 Å². The van der Waals surface area contributed by atoms with Crippen LogP contribution in [-0.2, 0) is 6.54 Å². The molecule has 0 fully saturated rings. The minimum atomic E-state index is -6.00. The van der Waals surface area contributed by atoms with E-state index in [1.807, 2.05) is 17.4 Å². The lowest BCUT2D eigenvalue weighted by molar-refractivity contribution is -0.669. The highest BCUT2D eigenvalue weighted by Crippen LogP contribution is 2.24. The van der Waals surface area contributed by atoms with E-state index >= 15 is 0 Å². The van der Waals surface area contributed by atoms with Gasteiger partial charge in [0.15, 0.2) is 0 Å². The Labute approximate surface area is 112 Å². The summed E-state index contributed by atoms with van der Waals surface area (Å²) >= 11 is 1.82. The molecule has 0 aliphatic carbocycles. The van der Waals surface area contributed by atoms with Gasteiger partial charge in [0.25, 0.3) is 0 Å². The van der Waals surface area contributed by atoms with Crippen molar-refractivity contribution in [2.75, 3.05) is 7.11 Å². The zero-order chi connectivity index (χ0) is 14.6. The maximum absolute atomic E-state index is 9.75. The summed E-state index contributed by atoms with van der Waals surface area (Å²) in [5.41, 5.74) is 1.30. The lowest BCUT2D eigenvalue weighted by Gasteiger charge is -1.96. The number of halogens is 4. The molecule has 0 saturated heterocycles. The molecule has 19 heavy (non-hydrogen) atoms. The van der Waals surface area contributed by atoms with E-state index in [0.717, 1.165) is 12.3 Å². The van der Waals surface area contributed by atoms with E-state index in [9.17, 15) is 17.3 Å². The number of hydrogen-bond acceptors (Lipinski definition) is 2. The van der Waals surface area contributed by atoms with Crippen LogP contribution >= 0.6 is 11.3 Å². The van der Waals surface area contributed by atoms with Crippen molar-refractivity contribution in [3.63, 3.8) is 0 Å². The molecule has 8 heteroatoms. The van der Waals surface area contributed by atoms with Gasteiger partial charge >= 0.3 is 7.25 Å². The number of methoxy groups -OCH3 is 1. The molecule has 0 N–H and O–H groups in total. The predicted octanol–water partition coefficient (Wildman–Crippen LogP) is 3.83. The van der Waals surface area contributed by atoms with Crippen LogP contribution in [0.5, 0.6) is 5.75 Å². The molecule has 0 aliphatic heterocycles. The highest BCUT2D eigenvalue weighted by Gasteiger charge is 2.20. The van der Waals surface area contributed by atoms with Crippen molar-refractivity contribution in [3.8, 4) is 5.75 Å². The lowest BCUT2D eigenvalue weighted by Crippen LogP contribution is -2.33. The van der Waals surface area contributed by atoms with Crippen LogP contribution in [0.1, 0.15) is 11.9 Å². The topological polar surface area (TPSA) is 13.1 Å².